The van der Waals surface area contributed by atoms with Crippen LogP contribution < -0.4 is 15.0 Å². The molecule has 2 aliphatic rings. The standard InChI is InChI=1S/C23H27N3O3S/c1-3-29-20-9-7-18(8-10-20)24-22(28)25-13-11-23(12-14-25)26(21(27)16-30-23)19-6-4-5-17(2)15-19/h4-10,15H,3,11-14,16H2,1-2H3,(H,24,28). The van der Waals surface area contributed by atoms with E-state index in [1.165, 1.54) is 0 Å². The molecule has 0 atom stereocenters. The summed E-state index contributed by atoms with van der Waals surface area (Å²) in [5.41, 5.74) is 2.84. The average molecular weight is 426 g/mol. The number of benzene rings is 2. The van der Waals surface area contributed by atoms with Gasteiger partial charge in [-0.1, -0.05) is 12.1 Å². The van der Waals surface area contributed by atoms with Gasteiger partial charge in [0.1, 0.15) is 5.75 Å². The number of hydrogen-bond donors (Lipinski definition) is 1. The summed E-state index contributed by atoms with van der Waals surface area (Å²) in [6, 6.07) is 15.4. The van der Waals surface area contributed by atoms with E-state index < -0.39 is 0 Å². The Kier molecular flexibility index (Phi) is 5.90. The highest BCUT2D eigenvalue weighted by Gasteiger charge is 2.49. The van der Waals surface area contributed by atoms with Gasteiger partial charge in [0.25, 0.3) is 0 Å². The van der Waals surface area contributed by atoms with Gasteiger partial charge in [-0.3, -0.25) is 9.69 Å². The summed E-state index contributed by atoms with van der Waals surface area (Å²) >= 11 is 1.71. The molecule has 30 heavy (non-hydrogen) atoms. The molecular weight excluding hydrogens is 398 g/mol. The second-order valence-corrected chi connectivity index (χ2v) is 9.01. The van der Waals surface area contributed by atoms with Gasteiger partial charge in [-0.25, -0.2) is 4.79 Å². The third-order valence-corrected chi connectivity index (χ3v) is 7.15. The molecule has 1 N–H and O–H groups in total. The van der Waals surface area contributed by atoms with E-state index in [1.54, 1.807) is 11.8 Å². The van der Waals surface area contributed by atoms with Gasteiger partial charge in [0, 0.05) is 24.5 Å². The maximum Gasteiger partial charge on any atom is 0.321 e. The van der Waals surface area contributed by atoms with Crippen molar-refractivity contribution in [2.24, 2.45) is 0 Å². The predicted octanol–water partition coefficient (Wildman–Crippen LogP) is 4.50. The molecule has 2 fully saturated rings. The zero-order valence-corrected chi connectivity index (χ0v) is 18.2. The van der Waals surface area contributed by atoms with Crippen molar-refractivity contribution in [3.05, 3.63) is 54.1 Å². The lowest BCUT2D eigenvalue weighted by Crippen LogP contribution is -2.53. The van der Waals surface area contributed by atoms with Gasteiger partial charge < -0.3 is 15.0 Å². The number of anilines is 2. The second-order valence-electron chi connectivity index (χ2n) is 7.68. The molecule has 6 nitrogen and oxygen atoms in total. The van der Waals surface area contributed by atoms with E-state index in [0.29, 0.717) is 25.4 Å². The second kappa shape index (κ2) is 8.60. The number of likely N-dealkylation sites (tertiary alicyclic amines) is 1. The Morgan fingerprint density at radius 1 is 1.17 bits per heavy atom. The topological polar surface area (TPSA) is 61.9 Å². The molecule has 2 aromatic carbocycles. The Balaban J connectivity index is 1.41. The van der Waals surface area contributed by atoms with Gasteiger partial charge in [0.2, 0.25) is 5.91 Å². The molecular formula is C23H27N3O3S. The minimum Gasteiger partial charge on any atom is -0.494 e. The zero-order chi connectivity index (χ0) is 21.1. The third kappa shape index (κ3) is 4.12. The van der Waals surface area contributed by atoms with Gasteiger partial charge in [-0.15, -0.1) is 11.8 Å². The van der Waals surface area contributed by atoms with Crippen LogP contribution in [0.3, 0.4) is 0 Å². The van der Waals surface area contributed by atoms with E-state index in [9.17, 15) is 9.59 Å². The normalized spacial score (nSPS) is 18.0. The Morgan fingerprint density at radius 3 is 2.57 bits per heavy atom. The maximum absolute atomic E-state index is 12.7. The first-order valence-electron chi connectivity index (χ1n) is 10.3. The monoisotopic (exact) mass is 425 g/mol. The number of nitrogens with zero attached hydrogens (tertiary/aromatic N) is 2. The van der Waals surface area contributed by atoms with Crippen LogP contribution in [0.25, 0.3) is 0 Å². The Hall–Kier alpha value is -2.67. The van der Waals surface area contributed by atoms with Crippen molar-refractivity contribution in [2.75, 3.05) is 35.7 Å². The number of aryl methyl sites for hydroxylation is 1. The fraction of sp³-hybridized carbons (Fsp3) is 0.391. The van der Waals surface area contributed by atoms with Crippen LogP contribution in [0.2, 0.25) is 0 Å². The van der Waals surface area contributed by atoms with Crippen LogP contribution in [0.1, 0.15) is 25.3 Å². The number of nitrogens with one attached hydrogen (secondary N) is 1. The molecule has 158 valence electrons. The Morgan fingerprint density at radius 2 is 1.90 bits per heavy atom. The van der Waals surface area contributed by atoms with E-state index >= 15 is 0 Å². The number of rotatable bonds is 4. The minimum atomic E-state index is -0.263. The first-order chi connectivity index (χ1) is 14.5. The fourth-order valence-electron chi connectivity index (χ4n) is 4.13. The van der Waals surface area contributed by atoms with E-state index in [0.717, 1.165) is 35.5 Å². The van der Waals surface area contributed by atoms with Crippen LogP contribution in [0.4, 0.5) is 16.2 Å². The molecule has 0 unspecified atom stereocenters. The van der Waals surface area contributed by atoms with Crippen molar-refractivity contribution in [3.8, 4) is 5.75 Å². The number of hydrogen-bond acceptors (Lipinski definition) is 4. The molecule has 2 heterocycles. The molecule has 1 spiro atoms. The Bertz CT molecular complexity index is 924. The number of piperidine rings is 1. The quantitative estimate of drug-likeness (QED) is 0.784. The zero-order valence-electron chi connectivity index (χ0n) is 17.4. The lowest BCUT2D eigenvalue weighted by molar-refractivity contribution is -0.116. The molecule has 2 saturated heterocycles. The van der Waals surface area contributed by atoms with Crippen molar-refractivity contribution < 1.29 is 14.3 Å². The number of carbonyl (C=O) groups is 2. The highest BCUT2D eigenvalue weighted by molar-refractivity contribution is 8.02. The van der Waals surface area contributed by atoms with E-state index in [2.05, 4.69) is 11.4 Å². The Labute approximate surface area is 181 Å². The summed E-state index contributed by atoms with van der Waals surface area (Å²) in [7, 11) is 0. The number of thioether (sulfide) groups is 1. The van der Waals surface area contributed by atoms with E-state index in [4.69, 9.17) is 4.74 Å². The molecule has 2 aromatic rings. The molecule has 0 aromatic heterocycles. The SMILES string of the molecule is CCOc1ccc(NC(=O)N2CCC3(CC2)SCC(=O)N3c2cccc(C)c2)cc1. The van der Waals surface area contributed by atoms with Gasteiger partial charge in [-0.05, 0) is 68.7 Å². The van der Waals surface area contributed by atoms with Crippen molar-refractivity contribution >= 4 is 35.1 Å². The van der Waals surface area contributed by atoms with E-state index in [1.807, 2.05) is 66.1 Å². The molecule has 0 saturated carbocycles. The van der Waals surface area contributed by atoms with Crippen molar-refractivity contribution in [2.45, 2.75) is 31.6 Å². The molecule has 7 heteroatoms. The molecule has 2 aliphatic heterocycles. The smallest absolute Gasteiger partial charge is 0.321 e. The van der Waals surface area contributed by atoms with Crippen LogP contribution in [-0.4, -0.2) is 47.2 Å². The van der Waals surface area contributed by atoms with Crippen LogP contribution in [-0.2, 0) is 4.79 Å². The number of urea groups is 1. The first-order valence-corrected chi connectivity index (χ1v) is 11.3. The van der Waals surface area contributed by atoms with Gasteiger partial charge in [-0.2, -0.15) is 0 Å². The molecule has 0 aliphatic carbocycles. The molecule has 3 amide bonds. The van der Waals surface area contributed by atoms with Crippen molar-refractivity contribution in [3.63, 3.8) is 0 Å². The summed E-state index contributed by atoms with van der Waals surface area (Å²) < 4.78 is 5.44. The van der Waals surface area contributed by atoms with Crippen LogP contribution in [0, 0.1) is 6.92 Å². The summed E-state index contributed by atoms with van der Waals surface area (Å²) in [5.74, 6) is 1.43. The highest BCUT2D eigenvalue weighted by atomic mass is 32.2. The lowest BCUT2D eigenvalue weighted by atomic mass is 10.0. The summed E-state index contributed by atoms with van der Waals surface area (Å²) in [5, 5.41) is 2.96. The van der Waals surface area contributed by atoms with Gasteiger partial charge in [0.05, 0.1) is 17.2 Å². The lowest BCUT2D eigenvalue weighted by Gasteiger charge is -2.44. The summed E-state index contributed by atoms with van der Waals surface area (Å²) in [4.78, 5) is 29.0. The van der Waals surface area contributed by atoms with E-state index in [-0.39, 0.29) is 16.8 Å². The molecule has 4 rings (SSSR count). The minimum absolute atomic E-state index is 0.106. The number of amides is 3. The third-order valence-electron chi connectivity index (χ3n) is 5.63. The van der Waals surface area contributed by atoms with Gasteiger partial charge >= 0.3 is 6.03 Å². The molecule has 0 radical (unpaired) electrons. The van der Waals surface area contributed by atoms with Crippen molar-refractivity contribution in [1.29, 1.82) is 0 Å². The summed E-state index contributed by atoms with van der Waals surface area (Å²) in [6.45, 7) is 5.82. The largest absolute Gasteiger partial charge is 0.494 e. The van der Waals surface area contributed by atoms with Crippen molar-refractivity contribution in [1.82, 2.24) is 4.90 Å². The number of carbonyl (C=O) groups excluding carboxylic acids is 2. The molecule has 0 bridgehead atoms. The predicted molar refractivity (Wildman–Crippen MR) is 121 cm³/mol. The fourth-order valence-corrected chi connectivity index (χ4v) is 5.46. The number of ether oxygens (including phenoxy) is 1. The van der Waals surface area contributed by atoms with Gasteiger partial charge in [0.15, 0.2) is 0 Å². The average Bonchev–Trinajstić information content (AvgIpc) is 3.05. The van der Waals surface area contributed by atoms with Crippen LogP contribution >= 0.6 is 11.8 Å². The maximum atomic E-state index is 12.7. The van der Waals surface area contributed by atoms with Crippen LogP contribution in [0.5, 0.6) is 5.75 Å². The highest BCUT2D eigenvalue weighted by Crippen LogP contribution is 2.46. The first kappa shape index (κ1) is 20.6. The van der Waals surface area contributed by atoms with Crippen LogP contribution in [0.15, 0.2) is 48.5 Å². The summed E-state index contributed by atoms with van der Waals surface area (Å²) in [6.07, 6.45) is 1.52.